The Bertz CT molecular complexity index is 2840. The van der Waals surface area contributed by atoms with Crippen LogP contribution >= 0.6 is 0 Å². The van der Waals surface area contributed by atoms with Crippen LogP contribution < -0.4 is 0 Å². The smallest absolute Gasteiger partial charge is 0.192 e. The molecule has 4 rings (SSSR count). The van der Waals surface area contributed by atoms with Gasteiger partial charge in [-0.15, -0.1) is 0 Å². The van der Waals surface area contributed by atoms with E-state index in [-0.39, 0.29) is 0 Å². The van der Waals surface area contributed by atoms with E-state index < -0.39 is 172 Å². The van der Waals surface area contributed by atoms with Gasteiger partial charge in [0, 0.05) is 33.4 Å². The first kappa shape index (κ1) is 49.7. The quantitative estimate of drug-likeness (QED) is 0.180. The molecule has 330 valence electrons. The largest absolute Gasteiger partial charge is 0.418 e. The van der Waals surface area contributed by atoms with Gasteiger partial charge in [-0.25, -0.2) is 0 Å². The third-order valence-corrected chi connectivity index (χ3v) is 8.97. The molecule has 0 atom stereocenters. The average Bonchev–Trinajstić information content (AvgIpc) is 3.91. The second kappa shape index (κ2) is 16.3. The molecule has 1 aliphatic rings. The van der Waals surface area contributed by atoms with Crippen LogP contribution in [0, 0.1) is 102 Å². The lowest BCUT2D eigenvalue weighted by Crippen LogP contribution is -2.20. The Balaban J connectivity index is 2.63. The van der Waals surface area contributed by atoms with Gasteiger partial charge in [0.15, 0.2) is 0 Å². The standard InChI is InChI=1S/C39H3F18N9/c40-34(41,42)22-1-13(4-58)25(19(10-64)31(22)37(49,50)51)16(7-61)28-29(17(8-62)26-14(5-59)2-23(35(43,44)45)32(20(26)11-65)38(52,53)54)30(28)18(9-63)27-15(6-60)3-24(36(46,47)48)33(21(27)12-66)39(55,56)57/h1-3H. The van der Waals surface area contributed by atoms with Gasteiger partial charge in [-0.1, -0.05) is 0 Å². The highest BCUT2D eigenvalue weighted by Crippen LogP contribution is 2.59. The molecule has 3 aromatic rings. The number of nitriles is 9. The third kappa shape index (κ3) is 8.31. The predicted octanol–water partition coefficient (Wildman–Crippen LogP) is 11.3. The maximum atomic E-state index is 14.4. The molecule has 1 saturated carbocycles. The minimum absolute atomic E-state index is 0.622. The molecule has 1 fully saturated rings. The fraction of sp³-hybridized carbons (Fsp3) is 0.154. The predicted molar refractivity (Wildman–Crippen MR) is 175 cm³/mol. The van der Waals surface area contributed by atoms with Crippen LogP contribution in [-0.2, 0) is 37.1 Å². The lowest BCUT2D eigenvalue weighted by molar-refractivity contribution is -0.162. The van der Waals surface area contributed by atoms with Crippen molar-refractivity contribution in [1.82, 2.24) is 0 Å². The first-order valence-corrected chi connectivity index (χ1v) is 16.1. The number of alkyl halides is 18. The van der Waals surface area contributed by atoms with E-state index in [1.807, 2.05) is 0 Å². The monoisotopic (exact) mass is 939 g/mol. The molecule has 0 radical (unpaired) electrons. The Morgan fingerprint density at radius 3 is 0.621 bits per heavy atom. The maximum Gasteiger partial charge on any atom is 0.418 e. The summed E-state index contributed by atoms with van der Waals surface area (Å²) in [5.74, 6) is 0. The number of halogens is 18. The summed E-state index contributed by atoms with van der Waals surface area (Å²) in [4.78, 5) is 0. The molecule has 0 aliphatic heterocycles. The highest BCUT2D eigenvalue weighted by atomic mass is 19.4. The van der Waals surface area contributed by atoms with Crippen molar-refractivity contribution in [3.63, 3.8) is 0 Å². The Morgan fingerprint density at radius 1 is 0.303 bits per heavy atom. The summed E-state index contributed by atoms with van der Waals surface area (Å²) in [5.41, 5.74) is -45.7. The van der Waals surface area contributed by atoms with Gasteiger partial charge < -0.3 is 0 Å². The van der Waals surface area contributed by atoms with Gasteiger partial charge in [0.1, 0.15) is 36.4 Å². The molecule has 66 heavy (non-hydrogen) atoms. The van der Waals surface area contributed by atoms with Crippen LogP contribution in [-0.4, -0.2) is 0 Å². The first-order valence-electron chi connectivity index (χ1n) is 16.1. The highest BCUT2D eigenvalue weighted by Gasteiger charge is 2.52. The molecule has 0 spiro atoms. The van der Waals surface area contributed by atoms with E-state index in [1.165, 1.54) is 0 Å². The number of allylic oxidation sites excluding steroid dienone is 6. The normalized spacial score (nSPS) is 12.8. The number of benzene rings is 3. The minimum atomic E-state index is -6.30. The van der Waals surface area contributed by atoms with Crippen LogP contribution in [0.25, 0.3) is 16.7 Å². The van der Waals surface area contributed by atoms with E-state index >= 15 is 0 Å². The zero-order valence-corrected chi connectivity index (χ0v) is 30.6. The van der Waals surface area contributed by atoms with Crippen LogP contribution in [0.15, 0.2) is 34.9 Å². The molecule has 0 amide bonds. The zero-order valence-electron chi connectivity index (χ0n) is 30.6. The fourth-order valence-corrected chi connectivity index (χ4v) is 6.63. The van der Waals surface area contributed by atoms with Crippen molar-refractivity contribution in [1.29, 1.82) is 47.4 Å². The summed E-state index contributed by atoms with van der Waals surface area (Å²) in [6.45, 7) is 0. The molecule has 3 aromatic carbocycles. The Kier molecular flexibility index (Phi) is 12.3. The van der Waals surface area contributed by atoms with E-state index in [2.05, 4.69) is 0 Å². The number of rotatable bonds is 3. The molecule has 0 bridgehead atoms. The van der Waals surface area contributed by atoms with Crippen LogP contribution in [0.5, 0.6) is 0 Å². The van der Waals surface area contributed by atoms with E-state index in [9.17, 15) is 126 Å². The molecule has 0 N–H and O–H groups in total. The molecule has 0 heterocycles. The Morgan fingerprint density at radius 2 is 0.500 bits per heavy atom. The molecule has 1 aliphatic carbocycles. The summed E-state index contributed by atoms with van der Waals surface area (Å²) in [6, 6.07) is 5.62. The molecule has 0 unspecified atom stereocenters. The number of hydrogen-bond acceptors (Lipinski definition) is 9. The lowest BCUT2D eigenvalue weighted by atomic mass is 9.86. The van der Waals surface area contributed by atoms with Crippen LogP contribution in [0.3, 0.4) is 0 Å². The van der Waals surface area contributed by atoms with E-state index in [0.717, 1.165) is 36.4 Å². The van der Waals surface area contributed by atoms with Crippen molar-refractivity contribution in [3.8, 4) is 54.6 Å². The van der Waals surface area contributed by atoms with Crippen molar-refractivity contribution in [2.75, 3.05) is 0 Å². The van der Waals surface area contributed by atoms with Gasteiger partial charge in [-0.05, 0) is 18.2 Å². The van der Waals surface area contributed by atoms with Crippen molar-refractivity contribution < 1.29 is 79.0 Å². The summed E-state index contributed by atoms with van der Waals surface area (Å²) >= 11 is 0. The molecule has 0 aromatic heterocycles. The second-order valence-corrected chi connectivity index (χ2v) is 12.5. The molecule has 0 saturated heterocycles. The number of nitrogens with zero attached hydrogens (tertiary/aromatic N) is 9. The highest BCUT2D eigenvalue weighted by molar-refractivity contribution is 6.14. The third-order valence-electron chi connectivity index (χ3n) is 8.97. The summed E-state index contributed by atoms with van der Waals surface area (Å²) in [6.07, 6.45) is -37.2. The second-order valence-electron chi connectivity index (χ2n) is 12.5. The summed E-state index contributed by atoms with van der Waals surface area (Å²) in [7, 11) is 0. The van der Waals surface area contributed by atoms with Crippen molar-refractivity contribution in [2.45, 2.75) is 37.1 Å². The van der Waals surface area contributed by atoms with Gasteiger partial charge in [0.05, 0.1) is 102 Å². The minimum Gasteiger partial charge on any atom is -0.192 e. The molecular formula is C39H3F18N9. The van der Waals surface area contributed by atoms with E-state index in [1.54, 1.807) is 0 Å². The van der Waals surface area contributed by atoms with Crippen LogP contribution in [0.2, 0.25) is 0 Å². The topological polar surface area (TPSA) is 214 Å². The molecule has 9 nitrogen and oxygen atoms in total. The summed E-state index contributed by atoms with van der Waals surface area (Å²) < 4.78 is 256. The average molecular weight is 939 g/mol. The van der Waals surface area contributed by atoms with Crippen LogP contribution in [0.4, 0.5) is 79.0 Å². The molecular weight excluding hydrogens is 936 g/mol. The van der Waals surface area contributed by atoms with E-state index in [4.69, 9.17) is 0 Å². The molecule has 27 heteroatoms. The zero-order chi connectivity index (χ0) is 50.6. The Hall–Kier alpha value is -8.97. The van der Waals surface area contributed by atoms with Crippen molar-refractivity contribution >= 4 is 16.7 Å². The number of hydrogen-bond donors (Lipinski definition) is 0. The Labute approximate surface area is 353 Å². The first-order chi connectivity index (χ1) is 30.2. The van der Waals surface area contributed by atoms with Crippen molar-refractivity contribution in [2.24, 2.45) is 0 Å². The van der Waals surface area contributed by atoms with Crippen LogP contribution in [0.1, 0.15) is 83.5 Å². The van der Waals surface area contributed by atoms with Gasteiger partial charge >= 0.3 is 37.1 Å². The van der Waals surface area contributed by atoms with Gasteiger partial charge in [-0.3, -0.25) is 0 Å². The maximum absolute atomic E-state index is 14.4. The lowest BCUT2D eigenvalue weighted by Gasteiger charge is -2.20. The van der Waals surface area contributed by atoms with Gasteiger partial charge in [0.25, 0.3) is 0 Å². The van der Waals surface area contributed by atoms with Crippen molar-refractivity contribution in [3.05, 3.63) is 118 Å². The summed E-state index contributed by atoms with van der Waals surface area (Å²) in [5, 5.41) is 90.3. The SMILES string of the molecule is N#CC(=C1C(=C(C#N)c2c(C#N)cc(C(F)(F)F)c(C(F)(F)F)c2C#N)C1=C(C#N)c1c(C#N)cc(C(F)(F)F)c(C(F)(F)F)c1C#N)c1c(C#N)cc(C(F)(F)F)c(C(F)(F)F)c1C#N. The fourth-order valence-electron chi connectivity index (χ4n) is 6.63. The van der Waals surface area contributed by atoms with Gasteiger partial charge in [0.2, 0.25) is 0 Å². The van der Waals surface area contributed by atoms with E-state index in [0.29, 0.717) is 18.2 Å². The van der Waals surface area contributed by atoms with Gasteiger partial charge in [-0.2, -0.15) is 126 Å².